The van der Waals surface area contributed by atoms with E-state index in [0.29, 0.717) is 12.2 Å². The zero-order valence-corrected chi connectivity index (χ0v) is 10.6. The van der Waals surface area contributed by atoms with Crippen LogP contribution in [0.25, 0.3) is 0 Å². The monoisotopic (exact) mass is 265 g/mol. The number of nitrogens with two attached hydrogens (primary N) is 1. The minimum atomic E-state index is -0.415. The second-order valence-corrected chi connectivity index (χ2v) is 4.44. The number of pyridine rings is 1. The molecule has 0 unspecified atom stereocenters. The highest BCUT2D eigenvalue weighted by Crippen LogP contribution is 2.18. The van der Waals surface area contributed by atoms with Crippen molar-refractivity contribution in [1.29, 1.82) is 0 Å². The standard InChI is InChI=1S/C13H13ClFN3/c1-8-4-13(18-7-12(8)16)17-6-9-2-3-11(15)10(14)5-9/h2-5,7H,6,16H2,1H3,(H,17,18). The molecule has 0 spiro atoms. The number of benzene rings is 1. The van der Waals surface area contributed by atoms with E-state index in [0.717, 1.165) is 16.9 Å². The number of halogens is 2. The maximum Gasteiger partial charge on any atom is 0.141 e. The summed E-state index contributed by atoms with van der Waals surface area (Å²) in [5, 5.41) is 3.25. The first-order chi connectivity index (χ1) is 8.56. The Morgan fingerprint density at radius 2 is 2.17 bits per heavy atom. The van der Waals surface area contributed by atoms with Gasteiger partial charge in [0.05, 0.1) is 16.9 Å². The van der Waals surface area contributed by atoms with Gasteiger partial charge in [-0.3, -0.25) is 0 Å². The van der Waals surface area contributed by atoms with Crippen molar-refractivity contribution in [3.8, 4) is 0 Å². The molecule has 1 aromatic heterocycles. The number of hydrogen-bond donors (Lipinski definition) is 2. The van der Waals surface area contributed by atoms with Gasteiger partial charge in [-0.1, -0.05) is 17.7 Å². The number of nitrogen functional groups attached to an aromatic ring is 1. The number of nitrogens with zero attached hydrogens (tertiary/aromatic N) is 1. The van der Waals surface area contributed by atoms with E-state index in [2.05, 4.69) is 10.3 Å². The number of nitrogens with one attached hydrogen (secondary N) is 1. The van der Waals surface area contributed by atoms with Gasteiger partial charge in [0.1, 0.15) is 11.6 Å². The highest BCUT2D eigenvalue weighted by molar-refractivity contribution is 6.30. The van der Waals surface area contributed by atoms with Crippen LogP contribution in [0.4, 0.5) is 15.9 Å². The van der Waals surface area contributed by atoms with Gasteiger partial charge in [0.25, 0.3) is 0 Å². The van der Waals surface area contributed by atoms with Crippen molar-refractivity contribution in [3.05, 3.63) is 52.4 Å². The van der Waals surface area contributed by atoms with E-state index in [1.807, 2.05) is 13.0 Å². The molecule has 3 N–H and O–H groups in total. The van der Waals surface area contributed by atoms with Gasteiger partial charge >= 0.3 is 0 Å². The minimum Gasteiger partial charge on any atom is -0.397 e. The molecule has 0 atom stereocenters. The molecular formula is C13H13ClFN3. The molecule has 5 heteroatoms. The maximum atomic E-state index is 13.0. The topological polar surface area (TPSA) is 50.9 Å². The quantitative estimate of drug-likeness (QED) is 0.895. The molecule has 3 nitrogen and oxygen atoms in total. The number of hydrogen-bond acceptors (Lipinski definition) is 3. The van der Waals surface area contributed by atoms with Gasteiger partial charge in [0.2, 0.25) is 0 Å². The highest BCUT2D eigenvalue weighted by Gasteiger charge is 2.02. The third kappa shape index (κ3) is 2.90. The zero-order chi connectivity index (χ0) is 13.1. The molecule has 94 valence electrons. The molecule has 2 rings (SSSR count). The van der Waals surface area contributed by atoms with Crippen LogP contribution in [0.2, 0.25) is 5.02 Å². The second kappa shape index (κ2) is 5.23. The molecule has 1 aromatic carbocycles. The lowest BCUT2D eigenvalue weighted by Crippen LogP contribution is -2.03. The fourth-order valence-electron chi connectivity index (χ4n) is 1.51. The molecule has 0 amide bonds. The fourth-order valence-corrected chi connectivity index (χ4v) is 1.71. The predicted molar refractivity (Wildman–Crippen MR) is 72.1 cm³/mol. The van der Waals surface area contributed by atoms with Crippen molar-refractivity contribution in [2.24, 2.45) is 0 Å². The molecule has 0 aliphatic heterocycles. The Hall–Kier alpha value is -1.81. The molecule has 0 saturated carbocycles. The Morgan fingerprint density at radius 3 is 2.83 bits per heavy atom. The Kier molecular flexibility index (Phi) is 3.67. The SMILES string of the molecule is Cc1cc(NCc2ccc(F)c(Cl)c2)ncc1N. The number of aryl methyl sites for hydroxylation is 1. The first-order valence-corrected chi connectivity index (χ1v) is 5.84. The molecular weight excluding hydrogens is 253 g/mol. The molecule has 2 aromatic rings. The molecule has 1 heterocycles. The summed E-state index contributed by atoms with van der Waals surface area (Å²) in [6.07, 6.45) is 1.61. The lowest BCUT2D eigenvalue weighted by Gasteiger charge is -2.08. The Labute approximate surface area is 110 Å². The summed E-state index contributed by atoms with van der Waals surface area (Å²) in [5.74, 6) is 0.309. The van der Waals surface area contributed by atoms with Crippen molar-refractivity contribution in [3.63, 3.8) is 0 Å². The molecule has 18 heavy (non-hydrogen) atoms. The summed E-state index contributed by atoms with van der Waals surface area (Å²) in [7, 11) is 0. The summed E-state index contributed by atoms with van der Waals surface area (Å²) in [6, 6.07) is 6.48. The zero-order valence-electron chi connectivity index (χ0n) is 9.87. The summed E-state index contributed by atoms with van der Waals surface area (Å²) in [5.41, 5.74) is 8.19. The van der Waals surface area contributed by atoms with Crippen molar-refractivity contribution in [2.45, 2.75) is 13.5 Å². The van der Waals surface area contributed by atoms with Gasteiger partial charge < -0.3 is 11.1 Å². The summed E-state index contributed by atoms with van der Waals surface area (Å²) >= 11 is 5.71. The van der Waals surface area contributed by atoms with Crippen LogP contribution in [0.3, 0.4) is 0 Å². The average Bonchev–Trinajstić information content (AvgIpc) is 2.35. The van der Waals surface area contributed by atoms with Crippen molar-refractivity contribution in [1.82, 2.24) is 4.98 Å². The van der Waals surface area contributed by atoms with E-state index >= 15 is 0 Å². The van der Waals surface area contributed by atoms with E-state index in [1.165, 1.54) is 6.07 Å². The average molecular weight is 266 g/mol. The normalized spacial score (nSPS) is 10.4. The minimum absolute atomic E-state index is 0.121. The van der Waals surface area contributed by atoms with E-state index in [-0.39, 0.29) is 5.02 Å². The van der Waals surface area contributed by atoms with Crippen molar-refractivity contribution >= 4 is 23.1 Å². The van der Waals surface area contributed by atoms with Crippen molar-refractivity contribution in [2.75, 3.05) is 11.1 Å². The van der Waals surface area contributed by atoms with Gasteiger partial charge in [0, 0.05) is 6.54 Å². The lowest BCUT2D eigenvalue weighted by atomic mass is 10.2. The van der Waals surface area contributed by atoms with Crippen LogP contribution in [0.5, 0.6) is 0 Å². The van der Waals surface area contributed by atoms with E-state index in [1.54, 1.807) is 18.3 Å². The van der Waals surface area contributed by atoms with Crippen LogP contribution >= 0.6 is 11.6 Å². The molecule has 0 radical (unpaired) electrons. The third-order valence-corrected chi connectivity index (χ3v) is 2.90. The number of aromatic nitrogens is 1. The van der Waals surface area contributed by atoms with E-state index in [9.17, 15) is 4.39 Å². The lowest BCUT2D eigenvalue weighted by molar-refractivity contribution is 0.627. The van der Waals surface area contributed by atoms with Gasteiger partial charge in [-0.2, -0.15) is 0 Å². The number of anilines is 2. The third-order valence-electron chi connectivity index (χ3n) is 2.61. The Balaban J connectivity index is 2.06. The Morgan fingerprint density at radius 1 is 1.39 bits per heavy atom. The highest BCUT2D eigenvalue weighted by atomic mass is 35.5. The summed E-state index contributed by atoms with van der Waals surface area (Å²) in [4.78, 5) is 4.15. The molecule has 0 aliphatic carbocycles. The second-order valence-electron chi connectivity index (χ2n) is 4.03. The van der Waals surface area contributed by atoms with Gasteiger partial charge in [-0.15, -0.1) is 0 Å². The van der Waals surface area contributed by atoms with Gasteiger partial charge in [-0.05, 0) is 36.2 Å². The van der Waals surface area contributed by atoms with Crippen molar-refractivity contribution < 1.29 is 4.39 Å². The van der Waals surface area contributed by atoms with Gasteiger partial charge in [-0.25, -0.2) is 9.37 Å². The smallest absolute Gasteiger partial charge is 0.141 e. The molecule has 0 saturated heterocycles. The summed E-state index contributed by atoms with van der Waals surface area (Å²) < 4.78 is 13.0. The van der Waals surface area contributed by atoms with Crippen LogP contribution in [0.1, 0.15) is 11.1 Å². The fraction of sp³-hybridized carbons (Fsp3) is 0.154. The first kappa shape index (κ1) is 12.6. The first-order valence-electron chi connectivity index (χ1n) is 5.46. The maximum absolute atomic E-state index is 13.0. The summed E-state index contributed by atoms with van der Waals surface area (Å²) in [6.45, 7) is 2.44. The van der Waals surface area contributed by atoms with Crippen LogP contribution in [0, 0.1) is 12.7 Å². The van der Waals surface area contributed by atoms with Crippen LogP contribution in [0.15, 0.2) is 30.5 Å². The van der Waals surface area contributed by atoms with Crippen LogP contribution in [-0.2, 0) is 6.54 Å². The molecule has 0 fully saturated rings. The van der Waals surface area contributed by atoms with E-state index < -0.39 is 5.82 Å². The van der Waals surface area contributed by atoms with Crippen LogP contribution < -0.4 is 11.1 Å². The van der Waals surface area contributed by atoms with E-state index in [4.69, 9.17) is 17.3 Å². The van der Waals surface area contributed by atoms with Crippen LogP contribution in [-0.4, -0.2) is 4.98 Å². The number of rotatable bonds is 3. The molecule has 0 aliphatic rings. The van der Waals surface area contributed by atoms with Gasteiger partial charge in [0.15, 0.2) is 0 Å². The largest absolute Gasteiger partial charge is 0.397 e. The Bertz CT molecular complexity index is 521. The molecule has 0 bridgehead atoms. The predicted octanol–water partition coefficient (Wildman–Crippen LogP) is 3.38.